The zero-order valence-electron chi connectivity index (χ0n) is 15.1. The van der Waals surface area contributed by atoms with E-state index in [1.54, 1.807) is 29.2 Å². The molecule has 0 radical (unpaired) electrons. The molecule has 5 nitrogen and oxygen atoms in total. The Labute approximate surface area is 156 Å². The van der Waals surface area contributed by atoms with Crippen LogP contribution in [0.1, 0.15) is 6.92 Å². The van der Waals surface area contributed by atoms with Gasteiger partial charge in [0.1, 0.15) is 18.2 Å². The van der Waals surface area contributed by atoms with E-state index in [9.17, 15) is 18.4 Å². The summed E-state index contributed by atoms with van der Waals surface area (Å²) in [5.74, 6) is -1.51. The van der Waals surface area contributed by atoms with E-state index in [1.807, 2.05) is 4.90 Å². The van der Waals surface area contributed by atoms with Gasteiger partial charge in [-0.15, -0.1) is 0 Å². The molecule has 7 heteroatoms. The first-order chi connectivity index (χ1) is 13.0. The molecule has 1 aliphatic heterocycles. The first kappa shape index (κ1) is 18.8. The molecule has 0 saturated carbocycles. The van der Waals surface area contributed by atoms with Crippen molar-refractivity contribution in [1.29, 1.82) is 0 Å². The SMILES string of the molecule is CC(=O)N(CC(=O)N1CCN(c2ccccc2F)CC1)c1ccccc1F. The molecule has 2 amide bonds. The van der Waals surface area contributed by atoms with Gasteiger partial charge in [0.25, 0.3) is 0 Å². The summed E-state index contributed by atoms with van der Waals surface area (Å²) in [4.78, 5) is 29.2. The number of para-hydroxylation sites is 2. The highest BCUT2D eigenvalue weighted by Gasteiger charge is 2.26. The van der Waals surface area contributed by atoms with Crippen molar-refractivity contribution in [2.75, 3.05) is 42.5 Å². The Balaban J connectivity index is 1.64. The third-order valence-corrected chi connectivity index (χ3v) is 4.64. The highest BCUT2D eigenvalue weighted by atomic mass is 19.1. The van der Waals surface area contributed by atoms with Gasteiger partial charge in [-0.3, -0.25) is 9.59 Å². The first-order valence-electron chi connectivity index (χ1n) is 8.77. The van der Waals surface area contributed by atoms with Crippen LogP contribution in [0.4, 0.5) is 20.2 Å². The van der Waals surface area contributed by atoms with Crippen molar-refractivity contribution in [3.63, 3.8) is 0 Å². The fourth-order valence-corrected chi connectivity index (χ4v) is 3.18. The molecule has 142 valence electrons. The monoisotopic (exact) mass is 373 g/mol. The van der Waals surface area contributed by atoms with Crippen LogP contribution in [0.15, 0.2) is 48.5 Å². The number of benzene rings is 2. The van der Waals surface area contributed by atoms with Crippen LogP contribution in [0.2, 0.25) is 0 Å². The van der Waals surface area contributed by atoms with E-state index in [2.05, 4.69) is 0 Å². The van der Waals surface area contributed by atoms with Gasteiger partial charge in [-0.2, -0.15) is 0 Å². The number of piperazine rings is 1. The molecule has 0 aromatic heterocycles. The summed E-state index contributed by atoms with van der Waals surface area (Å²) < 4.78 is 27.9. The number of hydrogen-bond donors (Lipinski definition) is 0. The molecule has 2 aromatic carbocycles. The summed E-state index contributed by atoms with van der Waals surface area (Å²) in [5.41, 5.74) is 0.602. The Hall–Kier alpha value is -2.96. The topological polar surface area (TPSA) is 43.9 Å². The second-order valence-electron chi connectivity index (χ2n) is 6.38. The van der Waals surface area contributed by atoms with Crippen molar-refractivity contribution in [2.45, 2.75) is 6.92 Å². The van der Waals surface area contributed by atoms with E-state index in [-0.39, 0.29) is 24.0 Å². The molecule has 3 rings (SSSR count). The van der Waals surface area contributed by atoms with Gasteiger partial charge in [-0.05, 0) is 24.3 Å². The molecule has 27 heavy (non-hydrogen) atoms. The van der Waals surface area contributed by atoms with Crippen LogP contribution in [-0.2, 0) is 9.59 Å². The standard InChI is InChI=1S/C20H21F2N3O2/c1-15(26)25(19-9-5-3-7-17(19)22)14-20(27)24-12-10-23(11-13-24)18-8-4-2-6-16(18)21/h2-9H,10-14H2,1H3. The summed E-state index contributed by atoms with van der Waals surface area (Å²) in [7, 11) is 0. The van der Waals surface area contributed by atoms with Crippen LogP contribution in [0.3, 0.4) is 0 Å². The molecule has 0 atom stereocenters. The maximum absolute atomic E-state index is 14.0. The summed E-state index contributed by atoms with van der Waals surface area (Å²) in [5, 5.41) is 0. The number of amides is 2. The second-order valence-corrected chi connectivity index (χ2v) is 6.38. The average Bonchev–Trinajstić information content (AvgIpc) is 2.67. The molecule has 1 fully saturated rings. The predicted molar refractivity (Wildman–Crippen MR) is 99.6 cm³/mol. The molecule has 1 aliphatic rings. The van der Waals surface area contributed by atoms with Crippen molar-refractivity contribution in [3.05, 3.63) is 60.2 Å². The molecule has 0 spiro atoms. The van der Waals surface area contributed by atoms with E-state index in [0.29, 0.717) is 31.9 Å². The summed E-state index contributed by atoms with van der Waals surface area (Å²) >= 11 is 0. The van der Waals surface area contributed by atoms with Crippen molar-refractivity contribution in [1.82, 2.24) is 4.90 Å². The smallest absolute Gasteiger partial charge is 0.242 e. The number of nitrogens with zero attached hydrogens (tertiary/aromatic N) is 3. The number of hydrogen-bond acceptors (Lipinski definition) is 3. The summed E-state index contributed by atoms with van der Waals surface area (Å²) in [6.45, 7) is 2.89. The molecule has 0 N–H and O–H groups in total. The predicted octanol–water partition coefficient (Wildman–Crippen LogP) is 2.67. The van der Waals surface area contributed by atoms with E-state index in [1.165, 1.54) is 31.2 Å². The second kappa shape index (κ2) is 8.16. The van der Waals surface area contributed by atoms with Crippen LogP contribution in [-0.4, -0.2) is 49.4 Å². The maximum atomic E-state index is 14.0. The number of anilines is 2. The summed E-state index contributed by atoms with van der Waals surface area (Å²) in [6, 6.07) is 12.4. The van der Waals surface area contributed by atoms with Gasteiger partial charge in [0.2, 0.25) is 11.8 Å². The lowest BCUT2D eigenvalue weighted by molar-refractivity contribution is -0.131. The highest BCUT2D eigenvalue weighted by Crippen LogP contribution is 2.21. The number of carbonyl (C=O) groups excluding carboxylic acids is 2. The minimum absolute atomic E-state index is 0.0864. The van der Waals surface area contributed by atoms with E-state index >= 15 is 0 Å². The maximum Gasteiger partial charge on any atom is 0.242 e. The van der Waals surface area contributed by atoms with Gasteiger partial charge < -0.3 is 14.7 Å². The molecular weight excluding hydrogens is 352 g/mol. The molecular formula is C20H21F2N3O2. The van der Waals surface area contributed by atoms with Crippen molar-refractivity contribution in [2.24, 2.45) is 0 Å². The van der Waals surface area contributed by atoms with Gasteiger partial charge in [0.15, 0.2) is 0 Å². The molecule has 1 saturated heterocycles. The fraction of sp³-hybridized carbons (Fsp3) is 0.300. The third-order valence-electron chi connectivity index (χ3n) is 4.64. The van der Waals surface area contributed by atoms with Crippen LogP contribution in [0.25, 0.3) is 0 Å². The van der Waals surface area contributed by atoms with Gasteiger partial charge in [-0.1, -0.05) is 24.3 Å². The molecule has 0 bridgehead atoms. The molecule has 2 aromatic rings. The van der Waals surface area contributed by atoms with Crippen LogP contribution in [0, 0.1) is 11.6 Å². The lowest BCUT2D eigenvalue weighted by atomic mass is 10.2. The Kier molecular flexibility index (Phi) is 5.69. The van der Waals surface area contributed by atoms with Crippen molar-refractivity contribution >= 4 is 23.2 Å². The number of rotatable bonds is 4. The Morgan fingerprint density at radius 3 is 2.11 bits per heavy atom. The van der Waals surface area contributed by atoms with Crippen LogP contribution >= 0.6 is 0 Å². The Bertz CT molecular complexity index is 835. The number of halogens is 2. The quantitative estimate of drug-likeness (QED) is 0.828. The molecule has 0 unspecified atom stereocenters. The minimum atomic E-state index is -0.551. The molecule has 0 aliphatic carbocycles. The lowest BCUT2D eigenvalue weighted by Crippen LogP contribution is -2.52. The lowest BCUT2D eigenvalue weighted by Gasteiger charge is -2.37. The fourth-order valence-electron chi connectivity index (χ4n) is 3.18. The molecule has 1 heterocycles. The van der Waals surface area contributed by atoms with E-state index in [4.69, 9.17) is 0 Å². The van der Waals surface area contributed by atoms with Crippen LogP contribution < -0.4 is 9.80 Å². The highest BCUT2D eigenvalue weighted by molar-refractivity contribution is 5.97. The van der Waals surface area contributed by atoms with Gasteiger partial charge in [-0.25, -0.2) is 8.78 Å². The van der Waals surface area contributed by atoms with Gasteiger partial charge in [0, 0.05) is 33.1 Å². The largest absolute Gasteiger partial charge is 0.366 e. The third kappa shape index (κ3) is 4.24. The minimum Gasteiger partial charge on any atom is -0.366 e. The number of carbonyl (C=O) groups is 2. The average molecular weight is 373 g/mol. The summed E-state index contributed by atoms with van der Waals surface area (Å²) in [6.07, 6.45) is 0. The van der Waals surface area contributed by atoms with Gasteiger partial charge in [0.05, 0.1) is 11.4 Å². The zero-order valence-corrected chi connectivity index (χ0v) is 15.1. The Morgan fingerprint density at radius 1 is 0.926 bits per heavy atom. The van der Waals surface area contributed by atoms with Crippen molar-refractivity contribution < 1.29 is 18.4 Å². The van der Waals surface area contributed by atoms with Gasteiger partial charge >= 0.3 is 0 Å². The first-order valence-corrected chi connectivity index (χ1v) is 8.77. The Morgan fingerprint density at radius 2 is 1.52 bits per heavy atom. The van der Waals surface area contributed by atoms with E-state index in [0.717, 1.165) is 4.90 Å². The normalized spacial score (nSPS) is 14.2. The van der Waals surface area contributed by atoms with Crippen molar-refractivity contribution in [3.8, 4) is 0 Å². The van der Waals surface area contributed by atoms with E-state index < -0.39 is 11.7 Å². The zero-order chi connectivity index (χ0) is 19.4. The van der Waals surface area contributed by atoms with Crippen LogP contribution in [0.5, 0.6) is 0 Å².